The van der Waals surface area contributed by atoms with Crippen molar-refractivity contribution < 1.29 is 14.3 Å². The van der Waals surface area contributed by atoms with Gasteiger partial charge in [-0.05, 0) is 18.6 Å². The molecule has 1 aromatic heterocycles. The Morgan fingerprint density at radius 2 is 2.24 bits per heavy atom. The molecule has 0 saturated heterocycles. The Labute approximate surface area is 121 Å². The molecule has 1 amide bonds. The molecule has 1 atom stereocenters. The lowest BCUT2D eigenvalue weighted by atomic mass is 10.2. The Kier molecular flexibility index (Phi) is 4.54. The minimum Gasteiger partial charge on any atom is -0.465 e. The number of anilines is 1. The molecule has 0 saturated carbocycles. The largest absolute Gasteiger partial charge is 0.465 e. The average molecular weight is 290 g/mol. The first kappa shape index (κ1) is 15.0. The van der Waals surface area contributed by atoms with E-state index in [2.05, 4.69) is 15.3 Å². The number of H-pyrrole nitrogens is 1. The molecule has 1 aromatic carbocycles. The van der Waals surface area contributed by atoms with Crippen LogP contribution in [0.15, 0.2) is 18.2 Å². The molecule has 0 spiro atoms. The summed E-state index contributed by atoms with van der Waals surface area (Å²) in [5.74, 6) is -0.527. The molecule has 1 unspecified atom stereocenters. The normalized spacial score (nSPS) is 12.1. The number of benzene rings is 1. The van der Waals surface area contributed by atoms with E-state index in [9.17, 15) is 9.59 Å². The SMILES string of the molecule is CCCC(N)C(=O)Nc1nc2c(C(=O)OC)cccc2[nH]1. The third-order valence-electron chi connectivity index (χ3n) is 3.10. The first-order valence-electron chi connectivity index (χ1n) is 6.70. The monoisotopic (exact) mass is 290 g/mol. The first-order valence-corrected chi connectivity index (χ1v) is 6.70. The molecule has 21 heavy (non-hydrogen) atoms. The molecule has 2 aromatic rings. The van der Waals surface area contributed by atoms with Gasteiger partial charge < -0.3 is 15.5 Å². The van der Waals surface area contributed by atoms with Crippen LogP contribution in [0.1, 0.15) is 30.1 Å². The number of nitrogens with two attached hydrogens (primary N) is 1. The van der Waals surface area contributed by atoms with Crippen molar-refractivity contribution in [3.63, 3.8) is 0 Å². The van der Waals surface area contributed by atoms with Crippen molar-refractivity contribution in [2.45, 2.75) is 25.8 Å². The van der Waals surface area contributed by atoms with E-state index in [0.717, 1.165) is 6.42 Å². The van der Waals surface area contributed by atoms with E-state index in [0.29, 0.717) is 23.0 Å². The number of carbonyl (C=O) groups is 2. The number of methoxy groups -OCH3 is 1. The number of nitrogens with zero attached hydrogens (tertiary/aromatic N) is 1. The van der Waals surface area contributed by atoms with Gasteiger partial charge in [-0.2, -0.15) is 0 Å². The van der Waals surface area contributed by atoms with Gasteiger partial charge in [0.05, 0.1) is 24.2 Å². The lowest BCUT2D eigenvalue weighted by Crippen LogP contribution is -2.35. The molecule has 0 fully saturated rings. The minimum atomic E-state index is -0.580. The molecule has 112 valence electrons. The summed E-state index contributed by atoms with van der Waals surface area (Å²) in [5.41, 5.74) is 7.16. The number of hydrogen-bond donors (Lipinski definition) is 3. The van der Waals surface area contributed by atoms with Crippen LogP contribution >= 0.6 is 0 Å². The van der Waals surface area contributed by atoms with E-state index in [1.807, 2.05) is 6.92 Å². The number of aromatic amines is 1. The molecule has 2 rings (SSSR count). The smallest absolute Gasteiger partial charge is 0.340 e. The van der Waals surface area contributed by atoms with Gasteiger partial charge >= 0.3 is 5.97 Å². The van der Waals surface area contributed by atoms with Crippen LogP contribution in [-0.2, 0) is 9.53 Å². The number of esters is 1. The fourth-order valence-electron chi connectivity index (χ4n) is 2.02. The summed E-state index contributed by atoms with van der Waals surface area (Å²) in [6, 6.07) is 4.50. The van der Waals surface area contributed by atoms with Crippen LogP contribution < -0.4 is 11.1 Å². The second-order valence-corrected chi connectivity index (χ2v) is 4.66. The maximum Gasteiger partial charge on any atom is 0.340 e. The van der Waals surface area contributed by atoms with Crippen LogP contribution in [0.4, 0.5) is 5.95 Å². The topological polar surface area (TPSA) is 110 Å². The molecular formula is C14H18N4O3. The van der Waals surface area contributed by atoms with Crippen LogP contribution in [0, 0.1) is 0 Å². The highest BCUT2D eigenvalue weighted by Crippen LogP contribution is 2.19. The summed E-state index contributed by atoms with van der Waals surface area (Å²) in [6.07, 6.45) is 1.42. The second-order valence-electron chi connectivity index (χ2n) is 4.66. The first-order chi connectivity index (χ1) is 10.1. The Morgan fingerprint density at radius 3 is 2.90 bits per heavy atom. The van der Waals surface area contributed by atoms with Crippen molar-refractivity contribution in [2.75, 3.05) is 12.4 Å². The maximum absolute atomic E-state index is 11.9. The summed E-state index contributed by atoms with van der Waals surface area (Å²) in [7, 11) is 1.31. The Bertz CT molecular complexity index is 665. The molecule has 0 bridgehead atoms. The predicted octanol–water partition coefficient (Wildman–Crippen LogP) is 1.42. The molecule has 1 heterocycles. The van der Waals surface area contributed by atoms with E-state index in [1.165, 1.54) is 7.11 Å². The van der Waals surface area contributed by atoms with Crippen molar-refractivity contribution >= 4 is 28.9 Å². The van der Waals surface area contributed by atoms with Crippen LogP contribution in [0.5, 0.6) is 0 Å². The van der Waals surface area contributed by atoms with Crippen LogP contribution in [0.3, 0.4) is 0 Å². The second kappa shape index (κ2) is 6.36. The van der Waals surface area contributed by atoms with Gasteiger partial charge in [-0.25, -0.2) is 9.78 Å². The minimum absolute atomic E-state index is 0.262. The number of amides is 1. The number of para-hydroxylation sites is 1. The van der Waals surface area contributed by atoms with Crippen LogP contribution in [0.25, 0.3) is 11.0 Å². The zero-order valence-corrected chi connectivity index (χ0v) is 12.0. The van der Waals surface area contributed by atoms with Crippen molar-refractivity contribution in [3.8, 4) is 0 Å². The Morgan fingerprint density at radius 1 is 1.48 bits per heavy atom. The number of ether oxygens (including phenoxy) is 1. The molecule has 0 aliphatic heterocycles. The number of imidazole rings is 1. The van der Waals surface area contributed by atoms with Crippen LogP contribution in [0.2, 0.25) is 0 Å². The van der Waals surface area contributed by atoms with Gasteiger partial charge in [0.25, 0.3) is 0 Å². The highest BCUT2D eigenvalue weighted by Gasteiger charge is 2.17. The molecule has 7 nitrogen and oxygen atoms in total. The number of carbonyl (C=O) groups excluding carboxylic acids is 2. The van der Waals surface area contributed by atoms with E-state index >= 15 is 0 Å². The van der Waals surface area contributed by atoms with Crippen molar-refractivity contribution in [1.82, 2.24) is 9.97 Å². The van der Waals surface area contributed by atoms with Gasteiger partial charge in [0.15, 0.2) is 0 Å². The zero-order chi connectivity index (χ0) is 15.4. The number of fused-ring (bicyclic) bond motifs is 1. The number of rotatable bonds is 5. The van der Waals surface area contributed by atoms with E-state index in [1.54, 1.807) is 18.2 Å². The average Bonchev–Trinajstić information content (AvgIpc) is 2.88. The lowest BCUT2D eigenvalue weighted by molar-refractivity contribution is -0.117. The van der Waals surface area contributed by atoms with E-state index in [4.69, 9.17) is 10.5 Å². The fourth-order valence-corrected chi connectivity index (χ4v) is 2.02. The zero-order valence-electron chi connectivity index (χ0n) is 12.0. The van der Waals surface area contributed by atoms with Crippen LogP contribution in [-0.4, -0.2) is 35.0 Å². The summed E-state index contributed by atoms with van der Waals surface area (Å²) in [6.45, 7) is 1.96. The quantitative estimate of drug-likeness (QED) is 0.721. The third-order valence-corrected chi connectivity index (χ3v) is 3.10. The van der Waals surface area contributed by atoms with Crippen molar-refractivity contribution in [1.29, 1.82) is 0 Å². The van der Waals surface area contributed by atoms with Crippen molar-refractivity contribution in [3.05, 3.63) is 23.8 Å². The number of hydrogen-bond acceptors (Lipinski definition) is 5. The standard InChI is InChI=1S/C14H18N4O3/c1-3-5-9(15)12(19)18-14-16-10-7-4-6-8(11(10)17-14)13(20)21-2/h4,6-7,9H,3,5,15H2,1-2H3,(H2,16,17,18,19). The van der Waals surface area contributed by atoms with Gasteiger partial charge in [0.2, 0.25) is 11.9 Å². The molecular weight excluding hydrogens is 272 g/mol. The van der Waals surface area contributed by atoms with Gasteiger partial charge in [-0.15, -0.1) is 0 Å². The predicted molar refractivity (Wildman–Crippen MR) is 78.9 cm³/mol. The van der Waals surface area contributed by atoms with Crippen molar-refractivity contribution in [2.24, 2.45) is 5.73 Å². The summed E-state index contributed by atoms with van der Waals surface area (Å²) in [5, 5.41) is 2.62. The third kappa shape index (κ3) is 3.19. The lowest BCUT2D eigenvalue weighted by Gasteiger charge is -2.08. The molecule has 0 aliphatic carbocycles. The molecule has 4 N–H and O–H groups in total. The molecule has 0 radical (unpaired) electrons. The van der Waals surface area contributed by atoms with Gasteiger partial charge in [0, 0.05) is 0 Å². The van der Waals surface area contributed by atoms with E-state index in [-0.39, 0.29) is 11.9 Å². The summed E-state index contributed by atoms with van der Waals surface area (Å²) < 4.78 is 4.70. The molecule has 7 heteroatoms. The highest BCUT2D eigenvalue weighted by atomic mass is 16.5. The van der Waals surface area contributed by atoms with Gasteiger partial charge in [-0.1, -0.05) is 19.4 Å². The Hall–Kier alpha value is -2.41. The summed E-state index contributed by atoms with van der Waals surface area (Å²) in [4.78, 5) is 30.7. The fraction of sp³-hybridized carbons (Fsp3) is 0.357. The number of aromatic nitrogens is 2. The van der Waals surface area contributed by atoms with Gasteiger partial charge in [0.1, 0.15) is 5.52 Å². The number of nitrogens with one attached hydrogen (secondary N) is 2. The molecule has 0 aliphatic rings. The van der Waals surface area contributed by atoms with E-state index < -0.39 is 12.0 Å². The summed E-state index contributed by atoms with van der Waals surface area (Å²) >= 11 is 0. The Balaban J connectivity index is 2.27. The maximum atomic E-state index is 11.9. The van der Waals surface area contributed by atoms with Gasteiger partial charge in [-0.3, -0.25) is 10.1 Å². The highest BCUT2D eigenvalue weighted by molar-refractivity contribution is 6.03.